The second-order valence-corrected chi connectivity index (χ2v) is 8.09. The van der Waals surface area contributed by atoms with Crippen molar-refractivity contribution in [3.05, 3.63) is 59.2 Å². The fraction of sp³-hybridized carbons (Fsp3) is 0.360. The van der Waals surface area contributed by atoms with Crippen LogP contribution in [0.25, 0.3) is 5.76 Å². The van der Waals surface area contributed by atoms with Gasteiger partial charge in [-0.15, -0.1) is 0 Å². The fourth-order valence-electron chi connectivity index (χ4n) is 4.05. The third-order valence-corrected chi connectivity index (χ3v) is 5.39. The van der Waals surface area contributed by atoms with Crippen LogP contribution in [0.3, 0.4) is 0 Å². The van der Waals surface area contributed by atoms with Gasteiger partial charge in [0.15, 0.2) is 11.5 Å². The Morgan fingerprint density at radius 1 is 1.09 bits per heavy atom. The molecule has 168 valence electrons. The van der Waals surface area contributed by atoms with Crippen LogP contribution < -0.4 is 14.2 Å². The van der Waals surface area contributed by atoms with Gasteiger partial charge in [-0.25, -0.2) is 0 Å². The molecular weight excluding hydrogens is 410 g/mol. The van der Waals surface area contributed by atoms with E-state index in [-0.39, 0.29) is 17.4 Å². The van der Waals surface area contributed by atoms with Gasteiger partial charge < -0.3 is 24.2 Å². The maximum atomic E-state index is 13.0. The SMILES string of the molecule is CCCN1C(=O)C(=O)/C(=C(\O)c2ccc3c(c2)OCCO3)C1c1ccc(OC(C)C)cc1. The predicted molar refractivity (Wildman–Crippen MR) is 119 cm³/mol. The number of benzene rings is 2. The Labute approximate surface area is 187 Å². The lowest BCUT2D eigenvalue weighted by molar-refractivity contribution is -0.139. The zero-order chi connectivity index (χ0) is 22.8. The number of rotatable bonds is 6. The van der Waals surface area contributed by atoms with Crippen LogP contribution in [0, 0.1) is 0 Å². The number of aliphatic hydroxyl groups excluding tert-OH is 1. The molecule has 4 rings (SSSR count). The lowest BCUT2D eigenvalue weighted by Gasteiger charge is -2.25. The molecule has 32 heavy (non-hydrogen) atoms. The smallest absolute Gasteiger partial charge is 0.295 e. The molecule has 0 saturated carbocycles. The van der Waals surface area contributed by atoms with E-state index in [1.807, 2.05) is 45.0 Å². The number of fused-ring (bicyclic) bond motifs is 1. The van der Waals surface area contributed by atoms with E-state index in [4.69, 9.17) is 14.2 Å². The van der Waals surface area contributed by atoms with Crippen molar-refractivity contribution in [1.29, 1.82) is 0 Å². The molecule has 1 atom stereocenters. The maximum absolute atomic E-state index is 13.0. The fourth-order valence-corrected chi connectivity index (χ4v) is 4.05. The highest BCUT2D eigenvalue weighted by atomic mass is 16.6. The summed E-state index contributed by atoms with van der Waals surface area (Å²) < 4.78 is 16.9. The summed E-state index contributed by atoms with van der Waals surface area (Å²) in [7, 11) is 0. The number of carbonyl (C=O) groups excluding carboxylic acids is 2. The maximum Gasteiger partial charge on any atom is 0.295 e. The highest BCUT2D eigenvalue weighted by Gasteiger charge is 2.45. The summed E-state index contributed by atoms with van der Waals surface area (Å²) >= 11 is 0. The van der Waals surface area contributed by atoms with E-state index in [0.29, 0.717) is 49.0 Å². The molecule has 7 heteroatoms. The number of ether oxygens (including phenoxy) is 3. The third kappa shape index (κ3) is 4.02. The van der Waals surface area contributed by atoms with Crippen molar-refractivity contribution in [3.63, 3.8) is 0 Å². The molecule has 1 unspecified atom stereocenters. The van der Waals surface area contributed by atoms with Gasteiger partial charge in [0.2, 0.25) is 0 Å². The summed E-state index contributed by atoms with van der Waals surface area (Å²) in [5.74, 6) is 0.234. The second-order valence-electron chi connectivity index (χ2n) is 8.09. The van der Waals surface area contributed by atoms with Crippen molar-refractivity contribution in [1.82, 2.24) is 4.90 Å². The molecule has 1 saturated heterocycles. The number of amides is 1. The van der Waals surface area contributed by atoms with Crippen LogP contribution in [0.2, 0.25) is 0 Å². The third-order valence-electron chi connectivity index (χ3n) is 5.39. The normalized spacial score (nSPS) is 19.5. The first-order chi connectivity index (χ1) is 15.4. The first-order valence-corrected chi connectivity index (χ1v) is 10.9. The van der Waals surface area contributed by atoms with E-state index in [2.05, 4.69) is 0 Å². The van der Waals surface area contributed by atoms with E-state index in [9.17, 15) is 14.7 Å². The molecule has 2 aromatic carbocycles. The number of hydrogen-bond acceptors (Lipinski definition) is 6. The Hall–Kier alpha value is -3.48. The quantitative estimate of drug-likeness (QED) is 0.417. The van der Waals surface area contributed by atoms with Gasteiger partial charge in [-0.3, -0.25) is 9.59 Å². The minimum Gasteiger partial charge on any atom is -0.507 e. The van der Waals surface area contributed by atoms with E-state index in [1.165, 1.54) is 4.90 Å². The number of likely N-dealkylation sites (tertiary alicyclic amines) is 1. The van der Waals surface area contributed by atoms with E-state index in [1.54, 1.807) is 18.2 Å². The molecule has 1 N–H and O–H groups in total. The zero-order valence-corrected chi connectivity index (χ0v) is 18.5. The molecule has 2 aliphatic rings. The topological polar surface area (TPSA) is 85.3 Å². The standard InChI is InChI=1S/C25H27NO6/c1-4-11-26-22(16-5-8-18(9-6-16)32-15(2)3)21(24(28)25(26)29)23(27)17-7-10-19-20(14-17)31-13-12-30-19/h5-10,14-15,22,27H,4,11-13H2,1-3H3/b23-21-. The number of Topliss-reactive ketones (excluding diaryl/α,β-unsaturated/α-hetero) is 1. The van der Waals surface area contributed by atoms with Crippen LogP contribution in [0.1, 0.15) is 44.4 Å². The number of aliphatic hydroxyl groups is 1. The number of ketones is 1. The largest absolute Gasteiger partial charge is 0.507 e. The molecule has 0 aromatic heterocycles. The molecule has 2 aromatic rings. The Bertz CT molecular complexity index is 1060. The predicted octanol–water partition coefficient (Wildman–Crippen LogP) is 4.08. The van der Waals surface area contributed by atoms with Crippen molar-refractivity contribution in [3.8, 4) is 17.2 Å². The van der Waals surface area contributed by atoms with Gasteiger partial charge in [0, 0.05) is 12.1 Å². The Morgan fingerprint density at radius 3 is 2.44 bits per heavy atom. The van der Waals surface area contributed by atoms with Crippen molar-refractivity contribution < 1.29 is 28.9 Å². The number of carbonyl (C=O) groups is 2. The van der Waals surface area contributed by atoms with Gasteiger partial charge >= 0.3 is 0 Å². The van der Waals surface area contributed by atoms with Crippen molar-refractivity contribution in [2.75, 3.05) is 19.8 Å². The summed E-state index contributed by atoms with van der Waals surface area (Å²) in [5.41, 5.74) is 1.19. The van der Waals surface area contributed by atoms with Crippen molar-refractivity contribution in [2.45, 2.75) is 39.3 Å². The molecule has 0 bridgehead atoms. The van der Waals surface area contributed by atoms with Crippen LogP contribution in [-0.4, -0.2) is 47.6 Å². The molecule has 0 aliphatic carbocycles. The molecule has 2 heterocycles. The first kappa shape index (κ1) is 21.7. The van der Waals surface area contributed by atoms with Crippen LogP contribution in [0.4, 0.5) is 0 Å². The molecule has 7 nitrogen and oxygen atoms in total. The highest BCUT2D eigenvalue weighted by molar-refractivity contribution is 6.46. The molecule has 0 radical (unpaired) electrons. The summed E-state index contributed by atoms with van der Waals surface area (Å²) in [6.07, 6.45) is 0.712. The summed E-state index contributed by atoms with van der Waals surface area (Å²) in [6.45, 7) is 7.09. The molecular formula is C25H27NO6. The monoisotopic (exact) mass is 437 g/mol. The molecule has 1 amide bonds. The highest BCUT2D eigenvalue weighted by Crippen LogP contribution is 2.41. The van der Waals surface area contributed by atoms with Gasteiger partial charge in [0.25, 0.3) is 11.7 Å². The summed E-state index contributed by atoms with van der Waals surface area (Å²) in [5, 5.41) is 11.2. The average Bonchev–Trinajstić information content (AvgIpc) is 3.03. The van der Waals surface area contributed by atoms with Gasteiger partial charge in [-0.1, -0.05) is 19.1 Å². The van der Waals surface area contributed by atoms with Crippen molar-refractivity contribution >= 4 is 17.4 Å². The lowest BCUT2D eigenvalue weighted by atomic mass is 9.95. The number of nitrogens with zero attached hydrogens (tertiary/aromatic N) is 1. The molecule has 2 aliphatic heterocycles. The van der Waals surface area contributed by atoms with Crippen LogP contribution in [0.15, 0.2) is 48.0 Å². The Balaban J connectivity index is 1.79. The van der Waals surface area contributed by atoms with Crippen LogP contribution in [0.5, 0.6) is 17.2 Å². The van der Waals surface area contributed by atoms with Crippen molar-refractivity contribution in [2.24, 2.45) is 0 Å². The van der Waals surface area contributed by atoms with Gasteiger partial charge in [0.05, 0.1) is 17.7 Å². The van der Waals surface area contributed by atoms with Crippen LogP contribution >= 0.6 is 0 Å². The first-order valence-electron chi connectivity index (χ1n) is 10.9. The molecule has 1 fully saturated rings. The Kier molecular flexibility index (Phi) is 6.08. The van der Waals surface area contributed by atoms with Gasteiger partial charge in [-0.05, 0) is 56.2 Å². The lowest BCUT2D eigenvalue weighted by Crippen LogP contribution is -2.30. The van der Waals surface area contributed by atoms with E-state index >= 15 is 0 Å². The minimum atomic E-state index is -0.696. The number of hydrogen-bond donors (Lipinski definition) is 1. The average molecular weight is 437 g/mol. The summed E-state index contributed by atoms with van der Waals surface area (Å²) in [6, 6.07) is 11.6. The van der Waals surface area contributed by atoms with Gasteiger partial charge in [0.1, 0.15) is 24.7 Å². The zero-order valence-electron chi connectivity index (χ0n) is 18.5. The second kappa shape index (κ2) is 8.94. The minimum absolute atomic E-state index is 0.0294. The van der Waals surface area contributed by atoms with E-state index in [0.717, 1.165) is 5.56 Å². The molecule has 0 spiro atoms. The summed E-state index contributed by atoms with van der Waals surface area (Å²) in [4.78, 5) is 27.4. The van der Waals surface area contributed by atoms with E-state index < -0.39 is 17.7 Å². The van der Waals surface area contributed by atoms with Gasteiger partial charge in [-0.2, -0.15) is 0 Å². The van der Waals surface area contributed by atoms with Crippen LogP contribution in [-0.2, 0) is 9.59 Å². The Morgan fingerprint density at radius 2 is 1.78 bits per heavy atom.